The first kappa shape index (κ1) is 18.1. The summed E-state index contributed by atoms with van der Waals surface area (Å²) in [4.78, 5) is 16.6. The van der Waals surface area contributed by atoms with Crippen molar-refractivity contribution in [2.45, 2.75) is 40.7 Å². The van der Waals surface area contributed by atoms with Gasteiger partial charge >= 0.3 is 0 Å². The largest absolute Gasteiger partial charge is 0.379 e. The first-order valence-electron chi connectivity index (χ1n) is 8.26. The molecule has 130 valence electrons. The molecule has 1 heterocycles. The van der Waals surface area contributed by atoms with Gasteiger partial charge in [0.15, 0.2) is 0 Å². The number of hydrogen-bond acceptors (Lipinski definition) is 4. The molecule has 0 aliphatic rings. The Morgan fingerprint density at radius 2 is 1.83 bits per heavy atom. The summed E-state index contributed by atoms with van der Waals surface area (Å²) >= 11 is 0. The Kier molecular flexibility index (Phi) is 6.09. The first-order chi connectivity index (χ1) is 11.4. The predicted molar refractivity (Wildman–Crippen MR) is 93.4 cm³/mol. The smallest absolute Gasteiger partial charge is 0.251 e. The van der Waals surface area contributed by atoms with E-state index in [0.717, 1.165) is 17.3 Å². The third-order valence-electron chi connectivity index (χ3n) is 3.45. The second kappa shape index (κ2) is 8.06. The van der Waals surface area contributed by atoms with Crippen LogP contribution in [0.5, 0.6) is 0 Å². The number of aryl methyl sites for hydroxylation is 2. The highest BCUT2D eigenvalue weighted by Gasteiger charge is 2.11. The zero-order chi connectivity index (χ0) is 17.7. The lowest BCUT2D eigenvalue weighted by Crippen LogP contribution is -2.36. The summed E-state index contributed by atoms with van der Waals surface area (Å²) in [6.45, 7) is 11.1. The lowest BCUT2D eigenvalue weighted by Gasteiger charge is -2.15. The first-order valence-corrected chi connectivity index (χ1v) is 8.26. The number of aromatic nitrogens is 3. The second-order valence-corrected chi connectivity index (χ2v) is 6.47. The van der Waals surface area contributed by atoms with Gasteiger partial charge in [-0.3, -0.25) is 4.79 Å². The van der Waals surface area contributed by atoms with Gasteiger partial charge < -0.3 is 10.1 Å². The van der Waals surface area contributed by atoms with E-state index in [-0.39, 0.29) is 11.9 Å². The minimum atomic E-state index is -0.103. The number of carbonyl (C=O) groups excluding carboxylic acids is 1. The highest BCUT2D eigenvalue weighted by molar-refractivity contribution is 5.94. The van der Waals surface area contributed by atoms with Gasteiger partial charge in [0, 0.05) is 18.2 Å². The van der Waals surface area contributed by atoms with Crippen molar-refractivity contribution in [2.75, 3.05) is 13.2 Å². The van der Waals surface area contributed by atoms with E-state index in [9.17, 15) is 4.79 Å². The van der Waals surface area contributed by atoms with Crippen molar-refractivity contribution in [3.63, 3.8) is 0 Å². The molecule has 1 N–H and O–H groups in total. The summed E-state index contributed by atoms with van der Waals surface area (Å²) in [7, 11) is 0. The molecule has 24 heavy (non-hydrogen) atoms. The van der Waals surface area contributed by atoms with Gasteiger partial charge in [-0.1, -0.05) is 13.8 Å². The molecule has 0 aliphatic carbocycles. The number of nitrogens with one attached hydrogen (secondary N) is 1. The maximum absolute atomic E-state index is 12.3. The number of amides is 1. The van der Waals surface area contributed by atoms with Crippen LogP contribution >= 0.6 is 0 Å². The van der Waals surface area contributed by atoms with Crippen molar-refractivity contribution in [2.24, 2.45) is 5.92 Å². The van der Waals surface area contributed by atoms with Gasteiger partial charge in [0.05, 0.1) is 12.3 Å². The molecule has 0 spiro atoms. The van der Waals surface area contributed by atoms with Gasteiger partial charge in [0.2, 0.25) is 0 Å². The van der Waals surface area contributed by atoms with E-state index in [1.165, 1.54) is 0 Å². The summed E-state index contributed by atoms with van der Waals surface area (Å²) in [5, 5.41) is 7.29. The van der Waals surface area contributed by atoms with E-state index in [0.29, 0.717) is 24.7 Å². The number of carbonyl (C=O) groups is 1. The van der Waals surface area contributed by atoms with Gasteiger partial charge in [-0.15, -0.1) is 0 Å². The third kappa shape index (κ3) is 4.89. The molecule has 6 nitrogen and oxygen atoms in total. The lowest BCUT2D eigenvalue weighted by molar-refractivity contribution is 0.0792. The number of nitrogens with zero attached hydrogens (tertiary/aromatic N) is 3. The molecule has 2 rings (SSSR count). The molecule has 1 amide bonds. The van der Waals surface area contributed by atoms with E-state index in [2.05, 4.69) is 29.2 Å². The minimum absolute atomic E-state index is 0.0314. The molecule has 2 aromatic rings. The molecule has 0 aliphatic heterocycles. The van der Waals surface area contributed by atoms with Crippen molar-refractivity contribution in [3.8, 4) is 5.69 Å². The molecule has 0 saturated carbocycles. The van der Waals surface area contributed by atoms with Gasteiger partial charge in [-0.05, 0) is 51.0 Å². The van der Waals surface area contributed by atoms with Crippen LogP contribution in [0.15, 0.2) is 24.3 Å². The molecule has 0 unspecified atom stereocenters. The standard InChI is InChI=1S/C18H26N4O2/c1-12(2)10-24-11-13(3)19-18(23)16-6-8-17(9-7-16)22-15(5)20-14(4)21-22/h6-9,12-13H,10-11H2,1-5H3,(H,19,23)/t13-/m1/s1. The summed E-state index contributed by atoms with van der Waals surface area (Å²) in [5.41, 5.74) is 1.50. The second-order valence-electron chi connectivity index (χ2n) is 6.47. The van der Waals surface area contributed by atoms with Gasteiger partial charge in [0.1, 0.15) is 11.6 Å². The van der Waals surface area contributed by atoms with Crippen molar-refractivity contribution >= 4 is 5.91 Å². The Hall–Kier alpha value is -2.21. The quantitative estimate of drug-likeness (QED) is 0.847. The van der Waals surface area contributed by atoms with Crippen LogP contribution in [0.25, 0.3) is 5.69 Å². The van der Waals surface area contributed by atoms with Crippen LogP contribution in [0.4, 0.5) is 0 Å². The predicted octanol–water partition coefficient (Wildman–Crippen LogP) is 2.68. The maximum atomic E-state index is 12.3. The normalized spacial score (nSPS) is 12.4. The number of ether oxygens (including phenoxy) is 1. The summed E-state index contributed by atoms with van der Waals surface area (Å²) in [6.07, 6.45) is 0. The van der Waals surface area contributed by atoms with Crippen molar-refractivity contribution in [3.05, 3.63) is 41.5 Å². The maximum Gasteiger partial charge on any atom is 0.251 e. The van der Waals surface area contributed by atoms with Crippen molar-refractivity contribution in [1.29, 1.82) is 0 Å². The van der Waals surface area contributed by atoms with Crippen LogP contribution in [-0.4, -0.2) is 39.9 Å². The van der Waals surface area contributed by atoms with Crippen LogP contribution in [-0.2, 0) is 4.74 Å². The Morgan fingerprint density at radius 3 is 2.38 bits per heavy atom. The van der Waals surface area contributed by atoms with Crippen LogP contribution in [0.2, 0.25) is 0 Å². The topological polar surface area (TPSA) is 69.0 Å². The third-order valence-corrected chi connectivity index (χ3v) is 3.45. The molecule has 1 aromatic heterocycles. The highest BCUT2D eigenvalue weighted by Crippen LogP contribution is 2.11. The van der Waals surface area contributed by atoms with Gasteiger partial charge in [0.25, 0.3) is 5.91 Å². The zero-order valence-electron chi connectivity index (χ0n) is 15.0. The highest BCUT2D eigenvalue weighted by atomic mass is 16.5. The zero-order valence-corrected chi connectivity index (χ0v) is 15.0. The van der Waals surface area contributed by atoms with Crippen molar-refractivity contribution in [1.82, 2.24) is 20.1 Å². The van der Waals surface area contributed by atoms with Gasteiger partial charge in [-0.25, -0.2) is 9.67 Å². The molecule has 1 aromatic carbocycles. The molecular weight excluding hydrogens is 304 g/mol. The number of rotatable bonds is 7. The van der Waals surface area contributed by atoms with E-state index in [4.69, 9.17) is 4.74 Å². The Bertz CT molecular complexity index is 677. The average Bonchev–Trinajstić information content (AvgIpc) is 2.85. The summed E-state index contributed by atoms with van der Waals surface area (Å²) < 4.78 is 7.32. The molecule has 6 heteroatoms. The molecule has 1 atom stereocenters. The van der Waals surface area contributed by atoms with Crippen LogP contribution in [0.3, 0.4) is 0 Å². The molecular formula is C18H26N4O2. The Morgan fingerprint density at radius 1 is 1.17 bits per heavy atom. The SMILES string of the molecule is Cc1nc(C)n(-c2ccc(C(=O)N[C@H](C)COCC(C)C)cc2)n1. The van der Waals surface area contributed by atoms with E-state index in [1.54, 1.807) is 16.8 Å². The van der Waals surface area contributed by atoms with Crippen LogP contribution in [0.1, 0.15) is 42.8 Å². The Labute approximate surface area is 143 Å². The Balaban J connectivity index is 1.95. The van der Waals surface area contributed by atoms with E-state index in [1.807, 2.05) is 32.9 Å². The molecule has 0 bridgehead atoms. The molecule has 0 fully saturated rings. The summed E-state index contributed by atoms with van der Waals surface area (Å²) in [5.74, 6) is 1.93. The van der Waals surface area contributed by atoms with E-state index >= 15 is 0 Å². The molecule has 0 radical (unpaired) electrons. The lowest BCUT2D eigenvalue weighted by atomic mass is 10.2. The number of hydrogen-bond donors (Lipinski definition) is 1. The fraction of sp³-hybridized carbons (Fsp3) is 0.500. The average molecular weight is 330 g/mol. The van der Waals surface area contributed by atoms with Crippen LogP contribution in [0, 0.1) is 19.8 Å². The van der Waals surface area contributed by atoms with Gasteiger partial charge in [-0.2, -0.15) is 5.10 Å². The monoisotopic (exact) mass is 330 g/mol. The number of benzene rings is 1. The minimum Gasteiger partial charge on any atom is -0.379 e. The fourth-order valence-electron chi connectivity index (χ4n) is 2.35. The summed E-state index contributed by atoms with van der Waals surface area (Å²) in [6, 6.07) is 7.30. The van der Waals surface area contributed by atoms with Crippen LogP contribution < -0.4 is 5.32 Å². The fourth-order valence-corrected chi connectivity index (χ4v) is 2.35. The van der Waals surface area contributed by atoms with Crippen molar-refractivity contribution < 1.29 is 9.53 Å². The van der Waals surface area contributed by atoms with E-state index < -0.39 is 0 Å². The molecule has 0 saturated heterocycles.